The van der Waals surface area contributed by atoms with Gasteiger partial charge in [0.25, 0.3) is 0 Å². The maximum atomic E-state index is 9.99. The van der Waals surface area contributed by atoms with Crippen LogP contribution in [0.3, 0.4) is 0 Å². The molecule has 0 aliphatic rings. The van der Waals surface area contributed by atoms with E-state index in [1.807, 2.05) is 0 Å². The Morgan fingerprint density at radius 2 is 0.682 bits per heavy atom. The number of rotatable bonds is 6. The van der Waals surface area contributed by atoms with Gasteiger partial charge in [-0.05, 0) is 20.8 Å². The van der Waals surface area contributed by atoms with Gasteiger partial charge >= 0.3 is 35.6 Å². The molecule has 0 saturated heterocycles. The number of carbonyl (C=O) groups is 6. The second-order valence-electron chi connectivity index (χ2n) is 4.25. The van der Waals surface area contributed by atoms with Crippen molar-refractivity contribution >= 4 is 34.7 Å². The third-order valence-electron chi connectivity index (χ3n) is 1.34. The molecule has 22 heavy (non-hydrogen) atoms. The maximum Gasteiger partial charge on any atom is 3.00 e. The molecule has 0 fully saturated rings. The van der Waals surface area contributed by atoms with E-state index < -0.39 is 0 Å². The Balaban J connectivity index is -0.000000108. The standard InChI is InChI=1S/3C5H7O2.La/c3*1-4(6)3-5(2)7;/h3*1,3H2,2H3;/q3*-1;+3. The summed E-state index contributed by atoms with van der Waals surface area (Å²) in [6.07, 6.45) is -0.0833. The summed E-state index contributed by atoms with van der Waals surface area (Å²) in [6.45, 7) is 13.1. The summed E-state index contributed by atoms with van der Waals surface area (Å²) in [5.41, 5.74) is 0. The molecule has 0 aliphatic heterocycles. The second kappa shape index (κ2) is 17.9. The number of carbonyl (C=O) groups excluding carboxylic acids is 6. The number of hydrogen-bond donors (Lipinski definition) is 0. The van der Waals surface area contributed by atoms with E-state index in [2.05, 4.69) is 20.8 Å². The van der Waals surface area contributed by atoms with Crippen LogP contribution in [0.1, 0.15) is 40.0 Å². The van der Waals surface area contributed by atoms with Crippen molar-refractivity contribution < 1.29 is 64.4 Å². The zero-order valence-electron chi connectivity index (χ0n) is 13.3. The molecule has 0 saturated carbocycles. The van der Waals surface area contributed by atoms with E-state index in [1.54, 1.807) is 0 Å². The Morgan fingerprint density at radius 3 is 0.682 bits per heavy atom. The fraction of sp³-hybridized carbons (Fsp3) is 0.400. The molecule has 0 aliphatic carbocycles. The molecule has 0 aromatic carbocycles. The van der Waals surface area contributed by atoms with Crippen molar-refractivity contribution in [2.45, 2.75) is 40.0 Å². The normalized spacial score (nSPS) is 7.77. The minimum absolute atomic E-state index is 0. The van der Waals surface area contributed by atoms with Gasteiger partial charge in [-0.2, -0.15) is 0 Å². The molecule has 0 atom stereocenters. The van der Waals surface area contributed by atoms with E-state index in [1.165, 1.54) is 20.8 Å². The van der Waals surface area contributed by atoms with Crippen molar-refractivity contribution in [3.63, 3.8) is 0 Å². The number of ketones is 6. The van der Waals surface area contributed by atoms with Crippen LogP contribution in [0.25, 0.3) is 0 Å². The van der Waals surface area contributed by atoms with Crippen molar-refractivity contribution in [1.29, 1.82) is 0 Å². The zero-order chi connectivity index (χ0) is 17.6. The largest absolute Gasteiger partial charge is 3.00 e. The molecule has 120 valence electrons. The average Bonchev–Trinajstić information content (AvgIpc) is 2.10. The molecular weight excluding hydrogens is 415 g/mol. The van der Waals surface area contributed by atoms with Gasteiger partial charge in [0.1, 0.15) is 17.3 Å². The Morgan fingerprint density at radius 1 is 0.545 bits per heavy atom. The van der Waals surface area contributed by atoms with Crippen molar-refractivity contribution in [1.82, 2.24) is 0 Å². The Bertz CT molecular complexity index is 314. The van der Waals surface area contributed by atoms with E-state index in [0.29, 0.717) is 0 Å². The van der Waals surface area contributed by atoms with Gasteiger partial charge in [-0.3, -0.25) is 14.4 Å². The van der Waals surface area contributed by atoms with Crippen molar-refractivity contribution in [2.24, 2.45) is 0 Å². The second-order valence-corrected chi connectivity index (χ2v) is 4.25. The average molecular weight is 436 g/mol. The third-order valence-corrected chi connectivity index (χ3v) is 1.34. The zero-order valence-corrected chi connectivity index (χ0v) is 16.9. The van der Waals surface area contributed by atoms with Gasteiger partial charge < -0.3 is 35.2 Å². The van der Waals surface area contributed by atoms with Gasteiger partial charge in [-0.1, -0.05) is 0 Å². The fourth-order valence-corrected chi connectivity index (χ4v) is 0.833. The van der Waals surface area contributed by atoms with Crippen LogP contribution in [-0.4, -0.2) is 34.7 Å². The summed E-state index contributed by atoms with van der Waals surface area (Å²) in [6, 6.07) is 0. The van der Waals surface area contributed by atoms with E-state index in [-0.39, 0.29) is 89.6 Å². The van der Waals surface area contributed by atoms with Crippen LogP contribution >= 0.6 is 0 Å². The van der Waals surface area contributed by atoms with Crippen LogP contribution in [0.2, 0.25) is 0 Å². The van der Waals surface area contributed by atoms with Crippen molar-refractivity contribution in [2.75, 3.05) is 0 Å². The molecule has 0 rings (SSSR count). The van der Waals surface area contributed by atoms with E-state index in [4.69, 9.17) is 0 Å². The number of Topliss-reactive ketones (excluding diaryl/α,β-unsaturated/α-hetero) is 6. The number of hydrogen-bond acceptors (Lipinski definition) is 6. The first kappa shape index (κ1) is 28.9. The van der Waals surface area contributed by atoms with Gasteiger partial charge in [-0.25, -0.2) is 0 Å². The fourth-order valence-electron chi connectivity index (χ4n) is 0.833. The van der Waals surface area contributed by atoms with Crippen molar-refractivity contribution in [3.8, 4) is 0 Å². The Hall–Kier alpha value is -1.18. The Labute approximate surface area is 159 Å². The molecule has 0 aromatic heterocycles. The van der Waals surface area contributed by atoms with Crippen LogP contribution in [0.4, 0.5) is 0 Å². The van der Waals surface area contributed by atoms with E-state index >= 15 is 0 Å². The molecule has 7 heteroatoms. The van der Waals surface area contributed by atoms with Crippen LogP contribution < -0.4 is 0 Å². The molecule has 0 bridgehead atoms. The maximum absolute atomic E-state index is 9.99. The smallest absolute Gasteiger partial charge is 0.339 e. The van der Waals surface area contributed by atoms with Crippen molar-refractivity contribution in [3.05, 3.63) is 20.8 Å². The van der Waals surface area contributed by atoms with E-state index in [9.17, 15) is 28.8 Å². The first-order valence-corrected chi connectivity index (χ1v) is 5.91. The molecule has 0 aromatic rings. The monoisotopic (exact) mass is 436 g/mol. The predicted molar refractivity (Wildman–Crippen MR) is 77.0 cm³/mol. The topological polar surface area (TPSA) is 102 Å². The molecule has 0 spiro atoms. The quantitative estimate of drug-likeness (QED) is 0.457. The molecule has 0 N–H and O–H groups in total. The van der Waals surface area contributed by atoms with Crippen LogP contribution in [-0.2, 0) is 28.8 Å². The summed E-state index contributed by atoms with van der Waals surface area (Å²) >= 11 is 0. The van der Waals surface area contributed by atoms with Gasteiger partial charge in [0.05, 0.1) is 0 Å². The SMILES string of the molecule is [CH2-]C(=O)CC(C)=O.[CH2-]C(=O)CC(C)=O.[CH2-]C(=O)CC(C)=O.[La+3]. The first-order valence-electron chi connectivity index (χ1n) is 5.91. The molecular formula is C15H21LaO6. The predicted octanol–water partition coefficient (Wildman–Crippen LogP) is 1.11. The summed E-state index contributed by atoms with van der Waals surface area (Å²) in [7, 11) is 0. The van der Waals surface area contributed by atoms with Crippen LogP contribution in [0, 0.1) is 56.4 Å². The molecule has 0 unspecified atom stereocenters. The van der Waals surface area contributed by atoms with E-state index in [0.717, 1.165) is 0 Å². The van der Waals surface area contributed by atoms with Crippen LogP contribution in [0.5, 0.6) is 0 Å². The van der Waals surface area contributed by atoms with Gasteiger partial charge in [0.15, 0.2) is 0 Å². The van der Waals surface area contributed by atoms with Gasteiger partial charge in [0, 0.05) is 36.6 Å². The van der Waals surface area contributed by atoms with Gasteiger partial charge in [0.2, 0.25) is 0 Å². The summed E-state index contributed by atoms with van der Waals surface area (Å²) in [4.78, 5) is 59.7. The minimum Gasteiger partial charge on any atom is -0.339 e. The summed E-state index contributed by atoms with van der Waals surface area (Å²) in [5.74, 6) is -1.31. The molecule has 0 amide bonds. The van der Waals surface area contributed by atoms with Crippen LogP contribution in [0.15, 0.2) is 0 Å². The molecule has 0 heterocycles. The minimum atomic E-state index is -0.312. The Kier molecular flexibility index (Phi) is 23.5. The summed E-state index contributed by atoms with van der Waals surface area (Å²) in [5, 5.41) is 0. The first-order chi connectivity index (χ1) is 9.38. The third kappa shape index (κ3) is 51.0. The summed E-state index contributed by atoms with van der Waals surface area (Å²) < 4.78 is 0. The molecule has 0 radical (unpaired) electrons. The molecule has 6 nitrogen and oxygen atoms in total. The van der Waals surface area contributed by atoms with Gasteiger partial charge in [-0.15, -0.1) is 0 Å².